The summed E-state index contributed by atoms with van der Waals surface area (Å²) < 4.78 is 0.874. The molecule has 0 aliphatic rings. The molecule has 16 heavy (non-hydrogen) atoms. The van der Waals surface area contributed by atoms with E-state index in [4.69, 9.17) is 5.73 Å². The molecule has 1 unspecified atom stereocenters. The number of nitrogens with one attached hydrogen (secondary N) is 1. The van der Waals surface area contributed by atoms with Crippen LogP contribution in [0.3, 0.4) is 0 Å². The molecule has 0 aliphatic carbocycles. The molecule has 1 aromatic carbocycles. The van der Waals surface area contributed by atoms with Gasteiger partial charge in [-0.25, -0.2) is 0 Å². The highest BCUT2D eigenvalue weighted by Gasteiger charge is 2.12. The van der Waals surface area contributed by atoms with E-state index in [-0.39, 0.29) is 11.9 Å². The summed E-state index contributed by atoms with van der Waals surface area (Å²) in [5.74, 6) is 0.772. The van der Waals surface area contributed by atoms with Gasteiger partial charge < -0.3 is 11.1 Å². The highest BCUT2D eigenvalue weighted by atomic mass is 79.9. The monoisotopic (exact) mass is 302 g/mol. The maximum Gasteiger partial charge on any atom is 0.253 e. The average Bonchev–Trinajstić information content (AvgIpc) is 2.17. The van der Waals surface area contributed by atoms with Crippen LogP contribution in [0.2, 0.25) is 0 Å². The lowest BCUT2D eigenvalue weighted by Gasteiger charge is -2.13. The Morgan fingerprint density at radius 1 is 1.62 bits per heavy atom. The summed E-state index contributed by atoms with van der Waals surface area (Å²) in [6, 6.07) is 5.41. The second kappa shape index (κ2) is 6.15. The Labute approximate surface area is 108 Å². The zero-order chi connectivity index (χ0) is 12.1. The van der Waals surface area contributed by atoms with E-state index in [1.807, 2.05) is 19.2 Å². The van der Waals surface area contributed by atoms with Crippen molar-refractivity contribution < 1.29 is 4.79 Å². The van der Waals surface area contributed by atoms with Gasteiger partial charge in [0.1, 0.15) is 0 Å². The number of hydrogen-bond acceptors (Lipinski definition) is 3. The molecule has 0 aromatic heterocycles. The van der Waals surface area contributed by atoms with Crippen LogP contribution in [0.15, 0.2) is 22.7 Å². The predicted octanol–water partition coefficient (Wildman–Crippen LogP) is 2.51. The molecular weight excluding hydrogens is 288 g/mol. The Bertz CT molecular complexity index is 384. The summed E-state index contributed by atoms with van der Waals surface area (Å²) in [5.41, 5.74) is 6.79. The molecule has 0 radical (unpaired) electrons. The van der Waals surface area contributed by atoms with Crippen LogP contribution in [-0.2, 0) is 0 Å². The molecule has 1 amide bonds. The number of nitrogens with two attached hydrogens (primary N) is 1. The maximum absolute atomic E-state index is 11.8. The van der Waals surface area contributed by atoms with Crippen molar-refractivity contribution >= 4 is 39.3 Å². The van der Waals surface area contributed by atoms with Crippen LogP contribution in [0.5, 0.6) is 0 Å². The Hall–Kier alpha value is -0.680. The number of benzene rings is 1. The van der Waals surface area contributed by atoms with E-state index >= 15 is 0 Å². The highest BCUT2D eigenvalue weighted by Crippen LogP contribution is 2.18. The largest absolute Gasteiger partial charge is 0.398 e. The summed E-state index contributed by atoms with van der Waals surface area (Å²) in [5, 5.41) is 2.90. The van der Waals surface area contributed by atoms with Crippen molar-refractivity contribution in [2.75, 3.05) is 17.7 Å². The first-order valence-corrected chi connectivity index (χ1v) is 7.08. The van der Waals surface area contributed by atoms with Crippen molar-refractivity contribution in [1.82, 2.24) is 5.32 Å². The van der Waals surface area contributed by atoms with Crippen LogP contribution in [-0.4, -0.2) is 24.0 Å². The van der Waals surface area contributed by atoms with Gasteiger partial charge in [-0.1, -0.05) is 15.9 Å². The number of nitrogen functional groups attached to an aromatic ring is 1. The molecule has 88 valence electrons. The number of halogens is 1. The summed E-state index contributed by atoms with van der Waals surface area (Å²) in [7, 11) is 0. The number of rotatable bonds is 4. The van der Waals surface area contributed by atoms with Crippen LogP contribution in [0.1, 0.15) is 17.3 Å². The van der Waals surface area contributed by atoms with Crippen molar-refractivity contribution in [3.05, 3.63) is 28.2 Å². The van der Waals surface area contributed by atoms with E-state index in [0.717, 1.165) is 10.2 Å². The van der Waals surface area contributed by atoms with Gasteiger partial charge in [0.2, 0.25) is 0 Å². The summed E-state index contributed by atoms with van der Waals surface area (Å²) >= 11 is 5.01. The van der Waals surface area contributed by atoms with Crippen molar-refractivity contribution in [2.24, 2.45) is 0 Å². The second-order valence-corrected chi connectivity index (χ2v) is 5.39. The molecule has 1 atom stereocenters. The van der Waals surface area contributed by atoms with Gasteiger partial charge >= 0.3 is 0 Å². The molecule has 5 heteroatoms. The van der Waals surface area contributed by atoms with Gasteiger partial charge in [0.15, 0.2) is 0 Å². The van der Waals surface area contributed by atoms with Gasteiger partial charge in [-0.15, -0.1) is 0 Å². The molecule has 1 aromatic rings. The third kappa shape index (κ3) is 3.72. The zero-order valence-electron chi connectivity index (χ0n) is 9.29. The average molecular weight is 303 g/mol. The normalized spacial score (nSPS) is 12.2. The molecule has 0 saturated carbocycles. The molecule has 3 nitrogen and oxygen atoms in total. The molecule has 0 spiro atoms. The highest BCUT2D eigenvalue weighted by molar-refractivity contribution is 9.10. The van der Waals surface area contributed by atoms with E-state index in [1.54, 1.807) is 23.9 Å². The number of amides is 1. The molecule has 0 bridgehead atoms. The minimum atomic E-state index is -0.119. The van der Waals surface area contributed by atoms with Crippen LogP contribution < -0.4 is 11.1 Å². The Kier molecular flexibility index (Phi) is 5.15. The molecule has 1 rings (SSSR count). The molecule has 3 N–H and O–H groups in total. The van der Waals surface area contributed by atoms with Gasteiger partial charge in [-0.2, -0.15) is 11.8 Å². The first-order valence-electron chi connectivity index (χ1n) is 4.89. The summed E-state index contributed by atoms with van der Waals surface area (Å²) in [4.78, 5) is 11.8. The van der Waals surface area contributed by atoms with E-state index < -0.39 is 0 Å². The molecule has 0 saturated heterocycles. The van der Waals surface area contributed by atoms with Crippen molar-refractivity contribution in [3.8, 4) is 0 Å². The van der Waals surface area contributed by atoms with Crippen LogP contribution in [0.25, 0.3) is 0 Å². The van der Waals surface area contributed by atoms with E-state index in [2.05, 4.69) is 21.2 Å². The number of hydrogen-bond donors (Lipinski definition) is 2. The fraction of sp³-hybridized carbons (Fsp3) is 0.364. The topological polar surface area (TPSA) is 55.1 Å². The molecule has 0 aliphatic heterocycles. The van der Waals surface area contributed by atoms with Crippen LogP contribution in [0.4, 0.5) is 5.69 Å². The second-order valence-electron chi connectivity index (χ2n) is 3.56. The van der Waals surface area contributed by atoms with Gasteiger partial charge in [0, 0.05) is 22.0 Å². The van der Waals surface area contributed by atoms with E-state index in [1.165, 1.54) is 0 Å². The van der Waals surface area contributed by atoms with E-state index in [9.17, 15) is 4.79 Å². The van der Waals surface area contributed by atoms with Gasteiger partial charge in [0.05, 0.1) is 5.56 Å². The zero-order valence-corrected chi connectivity index (χ0v) is 11.7. The van der Waals surface area contributed by atoms with Crippen molar-refractivity contribution in [3.63, 3.8) is 0 Å². The number of carbonyl (C=O) groups excluding carboxylic acids is 1. The first-order chi connectivity index (χ1) is 7.54. The van der Waals surface area contributed by atoms with Gasteiger partial charge in [-0.05, 0) is 31.4 Å². The van der Waals surface area contributed by atoms with E-state index in [0.29, 0.717) is 11.3 Å². The Balaban J connectivity index is 2.73. The van der Waals surface area contributed by atoms with Crippen molar-refractivity contribution in [1.29, 1.82) is 0 Å². The summed E-state index contributed by atoms with van der Waals surface area (Å²) in [6.45, 7) is 1.98. The Morgan fingerprint density at radius 2 is 2.31 bits per heavy atom. The lowest BCUT2D eigenvalue weighted by Crippen LogP contribution is -2.34. The molecular formula is C11H15BrN2OS. The smallest absolute Gasteiger partial charge is 0.253 e. The fourth-order valence-electron chi connectivity index (χ4n) is 1.33. The minimum absolute atomic E-state index is 0.119. The molecule has 0 fully saturated rings. The lowest BCUT2D eigenvalue weighted by atomic mass is 10.1. The number of anilines is 1. The molecule has 0 heterocycles. The summed E-state index contributed by atoms with van der Waals surface area (Å²) in [6.07, 6.45) is 2.01. The first kappa shape index (κ1) is 13.4. The fourth-order valence-corrected chi connectivity index (χ4v) is 2.30. The van der Waals surface area contributed by atoms with Gasteiger partial charge in [-0.3, -0.25) is 4.79 Å². The minimum Gasteiger partial charge on any atom is -0.398 e. The number of thioether (sulfide) groups is 1. The standard InChI is InChI=1S/C11H15BrN2OS/c1-7(6-16-2)14-11(15)9-4-3-8(12)5-10(9)13/h3-5,7H,6,13H2,1-2H3,(H,14,15). The third-order valence-electron chi connectivity index (χ3n) is 2.05. The SMILES string of the molecule is CSCC(C)NC(=O)c1ccc(Br)cc1N. The quantitative estimate of drug-likeness (QED) is 0.840. The number of carbonyl (C=O) groups is 1. The Morgan fingerprint density at radius 3 is 2.88 bits per heavy atom. The van der Waals surface area contributed by atoms with Gasteiger partial charge in [0.25, 0.3) is 5.91 Å². The van der Waals surface area contributed by atoms with Crippen molar-refractivity contribution in [2.45, 2.75) is 13.0 Å². The third-order valence-corrected chi connectivity index (χ3v) is 3.38. The van der Waals surface area contributed by atoms with Crippen LogP contribution >= 0.6 is 27.7 Å². The lowest BCUT2D eigenvalue weighted by molar-refractivity contribution is 0.0944. The maximum atomic E-state index is 11.8. The predicted molar refractivity (Wildman–Crippen MR) is 73.9 cm³/mol. The van der Waals surface area contributed by atoms with Crippen LogP contribution in [0, 0.1) is 0 Å².